The first kappa shape index (κ1) is 12.5. The molecular weight excluding hydrogens is 228 g/mol. The van der Waals surface area contributed by atoms with Crippen molar-refractivity contribution in [3.05, 3.63) is 34.9 Å². The van der Waals surface area contributed by atoms with Gasteiger partial charge in [-0.1, -0.05) is 6.07 Å². The van der Waals surface area contributed by atoms with E-state index in [-0.39, 0.29) is 0 Å². The van der Waals surface area contributed by atoms with Crippen molar-refractivity contribution in [3.8, 4) is 6.07 Å². The Hall–Kier alpha value is -0.980. The molecule has 2 nitrogen and oxygen atoms in total. The highest BCUT2D eigenvalue weighted by Crippen LogP contribution is 2.20. The first-order valence-electron chi connectivity index (χ1n) is 6.02. The summed E-state index contributed by atoms with van der Waals surface area (Å²) in [6.45, 7) is 6.58. The molecule has 1 heterocycles. The zero-order valence-electron chi connectivity index (χ0n) is 10.4. The summed E-state index contributed by atoms with van der Waals surface area (Å²) >= 11 is 2.04. The molecule has 0 aromatic heterocycles. The normalized spacial score (nSPS) is 21.1. The van der Waals surface area contributed by atoms with Crippen LogP contribution in [0.4, 0.5) is 0 Å². The summed E-state index contributed by atoms with van der Waals surface area (Å²) in [4.78, 5) is 2.53. The Morgan fingerprint density at radius 3 is 3.00 bits per heavy atom. The molecule has 0 amide bonds. The Morgan fingerprint density at radius 2 is 2.35 bits per heavy atom. The molecule has 0 radical (unpaired) electrons. The maximum Gasteiger partial charge on any atom is 0.0991 e. The van der Waals surface area contributed by atoms with Crippen molar-refractivity contribution in [2.75, 3.05) is 18.1 Å². The van der Waals surface area contributed by atoms with Crippen molar-refractivity contribution in [2.24, 2.45) is 0 Å². The first-order chi connectivity index (χ1) is 8.20. The number of aryl methyl sites for hydroxylation is 1. The van der Waals surface area contributed by atoms with E-state index < -0.39 is 0 Å². The summed E-state index contributed by atoms with van der Waals surface area (Å²) in [6.07, 6.45) is 0. The minimum atomic E-state index is 0.656. The zero-order valence-corrected chi connectivity index (χ0v) is 11.3. The molecule has 0 N–H and O–H groups in total. The van der Waals surface area contributed by atoms with Crippen LogP contribution in [0.1, 0.15) is 23.6 Å². The molecule has 0 bridgehead atoms. The van der Waals surface area contributed by atoms with Crippen LogP contribution in [-0.2, 0) is 6.54 Å². The van der Waals surface area contributed by atoms with Crippen LogP contribution >= 0.6 is 11.8 Å². The van der Waals surface area contributed by atoms with Crippen LogP contribution in [0.5, 0.6) is 0 Å². The molecule has 1 aromatic rings. The van der Waals surface area contributed by atoms with Crippen LogP contribution in [-0.4, -0.2) is 29.0 Å². The number of hydrogen-bond acceptors (Lipinski definition) is 3. The molecule has 0 saturated carbocycles. The van der Waals surface area contributed by atoms with Crippen LogP contribution in [0.2, 0.25) is 0 Å². The van der Waals surface area contributed by atoms with Gasteiger partial charge in [-0.25, -0.2) is 0 Å². The van der Waals surface area contributed by atoms with E-state index in [2.05, 4.69) is 30.9 Å². The van der Waals surface area contributed by atoms with Gasteiger partial charge in [0.05, 0.1) is 11.6 Å². The van der Waals surface area contributed by atoms with Gasteiger partial charge in [0.2, 0.25) is 0 Å². The minimum Gasteiger partial charge on any atom is -0.295 e. The van der Waals surface area contributed by atoms with E-state index in [4.69, 9.17) is 5.26 Å². The molecule has 1 aliphatic rings. The van der Waals surface area contributed by atoms with Gasteiger partial charge < -0.3 is 0 Å². The van der Waals surface area contributed by atoms with Crippen molar-refractivity contribution in [2.45, 2.75) is 26.4 Å². The maximum absolute atomic E-state index is 8.85. The van der Waals surface area contributed by atoms with Crippen LogP contribution in [0.25, 0.3) is 0 Å². The van der Waals surface area contributed by atoms with Gasteiger partial charge in [0, 0.05) is 30.6 Å². The smallest absolute Gasteiger partial charge is 0.0991 e. The second-order valence-corrected chi connectivity index (χ2v) is 5.80. The molecule has 90 valence electrons. The molecule has 1 unspecified atom stereocenters. The molecule has 1 aliphatic heterocycles. The van der Waals surface area contributed by atoms with Crippen LogP contribution in [0.15, 0.2) is 18.2 Å². The second kappa shape index (κ2) is 5.57. The summed E-state index contributed by atoms with van der Waals surface area (Å²) < 4.78 is 0. The van der Waals surface area contributed by atoms with Gasteiger partial charge in [-0.3, -0.25) is 4.90 Å². The third-order valence-corrected chi connectivity index (χ3v) is 4.54. The van der Waals surface area contributed by atoms with E-state index >= 15 is 0 Å². The quantitative estimate of drug-likeness (QED) is 0.803. The van der Waals surface area contributed by atoms with Gasteiger partial charge in [-0.2, -0.15) is 17.0 Å². The number of nitriles is 1. The van der Waals surface area contributed by atoms with Crippen molar-refractivity contribution in [3.63, 3.8) is 0 Å². The highest BCUT2D eigenvalue weighted by molar-refractivity contribution is 7.99. The van der Waals surface area contributed by atoms with Gasteiger partial charge in [-0.15, -0.1) is 0 Å². The third-order valence-electron chi connectivity index (χ3n) is 3.35. The van der Waals surface area contributed by atoms with E-state index in [1.807, 2.05) is 23.9 Å². The number of nitrogens with zero attached hydrogens (tertiary/aromatic N) is 2. The van der Waals surface area contributed by atoms with E-state index in [0.29, 0.717) is 6.04 Å². The van der Waals surface area contributed by atoms with Gasteiger partial charge >= 0.3 is 0 Å². The highest BCUT2D eigenvalue weighted by Gasteiger charge is 2.18. The van der Waals surface area contributed by atoms with Gasteiger partial charge in [0.25, 0.3) is 0 Å². The average molecular weight is 246 g/mol. The molecule has 1 fully saturated rings. The summed E-state index contributed by atoms with van der Waals surface area (Å²) in [5.41, 5.74) is 3.34. The molecular formula is C14H18N2S. The molecule has 3 heteroatoms. The molecule has 2 rings (SSSR count). The number of rotatable bonds is 2. The third kappa shape index (κ3) is 3.02. The zero-order chi connectivity index (χ0) is 12.3. The van der Waals surface area contributed by atoms with Crippen molar-refractivity contribution in [1.29, 1.82) is 5.26 Å². The van der Waals surface area contributed by atoms with Crippen molar-refractivity contribution < 1.29 is 0 Å². The second-order valence-electron chi connectivity index (χ2n) is 4.65. The average Bonchev–Trinajstić information content (AvgIpc) is 2.34. The lowest BCUT2D eigenvalue weighted by atomic mass is 10.0. The molecule has 1 atom stereocenters. The molecule has 17 heavy (non-hydrogen) atoms. The molecule has 0 spiro atoms. The molecule has 1 saturated heterocycles. The van der Waals surface area contributed by atoms with Gasteiger partial charge in [0.1, 0.15) is 0 Å². The lowest BCUT2D eigenvalue weighted by Crippen LogP contribution is -2.39. The Kier molecular flexibility index (Phi) is 4.09. The standard InChI is InChI=1S/C14H18N2S/c1-11-7-13(8-15)3-4-14(11)9-16-5-6-17-10-12(16)2/h3-4,7,12H,5-6,9-10H2,1-2H3. The van der Waals surface area contributed by atoms with E-state index in [1.165, 1.54) is 29.2 Å². The minimum absolute atomic E-state index is 0.656. The summed E-state index contributed by atoms with van der Waals surface area (Å²) in [5.74, 6) is 2.47. The van der Waals surface area contributed by atoms with Crippen LogP contribution in [0.3, 0.4) is 0 Å². The van der Waals surface area contributed by atoms with E-state index in [9.17, 15) is 0 Å². The molecule has 1 aromatic carbocycles. The number of hydrogen-bond donors (Lipinski definition) is 0. The van der Waals surface area contributed by atoms with Crippen LogP contribution < -0.4 is 0 Å². The topological polar surface area (TPSA) is 27.0 Å². The van der Waals surface area contributed by atoms with Gasteiger partial charge in [0.15, 0.2) is 0 Å². The predicted octanol–water partition coefficient (Wildman–Crippen LogP) is 2.80. The lowest BCUT2D eigenvalue weighted by Gasteiger charge is -2.33. The molecule has 0 aliphatic carbocycles. The van der Waals surface area contributed by atoms with E-state index in [0.717, 1.165) is 12.1 Å². The first-order valence-corrected chi connectivity index (χ1v) is 7.17. The Balaban J connectivity index is 2.10. The Morgan fingerprint density at radius 1 is 1.53 bits per heavy atom. The number of benzene rings is 1. The highest BCUT2D eigenvalue weighted by atomic mass is 32.2. The SMILES string of the molecule is Cc1cc(C#N)ccc1CN1CCSCC1C. The predicted molar refractivity (Wildman–Crippen MR) is 73.1 cm³/mol. The Labute approximate surface area is 108 Å². The Bertz CT molecular complexity index is 436. The summed E-state index contributed by atoms with van der Waals surface area (Å²) in [5, 5.41) is 8.85. The monoisotopic (exact) mass is 246 g/mol. The van der Waals surface area contributed by atoms with Crippen molar-refractivity contribution in [1.82, 2.24) is 4.90 Å². The summed E-state index contributed by atoms with van der Waals surface area (Å²) in [6, 6.07) is 8.85. The fourth-order valence-corrected chi connectivity index (χ4v) is 3.24. The lowest BCUT2D eigenvalue weighted by molar-refractivity contribution is 0.223. The van der Waals surface area contributed by atoms with Crippen LogP contribution in [0, 0.1) is 18.3 Å². The van der Waals surface area contributed by atoms with Crippen molar-refractivity contribution >= 4 is 11.8 Å². The maximum atomic E-state index is 8.85. The largest absolute Gasteiger partial charge is 0.295 e. The fraction of sp³-hybridized carbons (Fsp3) is 0.500. The van der Waals surface area contributed by atoms with E-state index in [1.54, 1.807) is 0 Å². The fourth-order valence-electron chi connectivity index (χ4n) is 2.16. The summed E-state index contributed by atoms with van der Waals surface area (Å²) in [7, 11) is 0. The van der Waals surface area contributed by atoms with Gasteiger partial charge in [-0.05, 0) is 37.1 Å². The number of thioether (sulfide) groups is 1.